The van der Waals surface area contributed by atoms with E-state index in [4.69, 9.17) is 9.81 Å². The van der Waals surface area contributed by atoms with E-state index in [0.717, 1.165) is 72.7 Å². The predicted molar refractivity (Wildman–Crippen MR) is 544 cm³/mol. The zero-order chi connectivity index (χ0) is 91.9. The number of carboxylic acids is 1. The van der Waals surface area contributed by atoms with Crippen molar-refractivity contribution >= 4 is 158 Å². The molecule has 10 aromatic rings. The largest absolute Gasteiger partial charge is 1.00 e. The Kier molecular flexibility index (Phi) is 121. The van der Waals surface area contributed by atoms with Crippen molar-refractivity contribution in [2.24, 2.45) is 11.8 Å². The smallest absolute Gasteiger partial charge is 1.00 e. The van der Waals surface area contributed by atoms with E-state index in [0.29, 0.717) is 64.2 Å². The van der Waals surface area contributed by atoms with Crippen LogP contribution in [-0.4, -0.2) is 82.1 Å². The molecule has 3 amide bonds. The van der Waals surface area contributed by atoms with Gasteiger partial charge in [0.1, 0.15) is 6.29 Å². The summed E-state index contributed by atoms with van der Waals surface area (Å²) in [5.41, 5.74) is 7.98. The molecular formula is C93H145B2I3N6NaO13PS3. The summed E-state index contributed by atoms with van der Waals surface area (Å²) in [6.07, 6.45) is 4.12. The van der Waals surface area contributed by atoms with Gasteiger partial charge in [-0.1, -0.05) is 358 Å². The molecule has 0 aliphatic heterocycles. The van der Waals surface area contributed by atoms with Crippen molar-refractivity contribution < 1.29 is 108 Å². The maximum absolute atomic E-state index is 12.0. The van der Waals surface area contributed by atoms with Crippen molar-refractivity contribution in [3.05, 3.63) is 251 Å². The molecule has 4 N–H and O–H groups in total. The molecule has 0 radical (unpaired) electrons. The first kappa shape index (κ1) is 141. The van der Waals surface area contributed by atoms with Crippen LogP contribution in [0.2, 0.25) is 0 Å². The van der Waals surface area contributed by atoms with E-state index in [1.165, 1.54) is 46.9 Å². The number of nitrogens with one attached hydrogen (secondary N) is 3. The summed E-state index contributed by atoms with van der Waals surface area (Å²) in [6.45, 7) is 51.1. The van der Waals surface area contributed by atoms with Crippen LogP contribution in [0.5, 0.6) is 0 Å². The van der Waals surface area contributed by atoms with Crippen molar-refractivity contribution in [3.63, 3.8) is 0 Å². The molecule has 0 saturated heterocycles. The standard InChI is InChI=1S/3C16H12N2OS.C7H6O2.C6H9BO6.2C5H12.C3H6O.8C2H6.3CH4.BH2OP.I3.Na.H/c3*19-15(13-9-5-2-6-10-13)18-16-17-14(11-20-16)12-7-3-1-4-8-12;8-7(9)6-4-2-1-3-5-6;1-4(8)11-7(12-5(2)9)13-6(3)10;2*1-4-5(2)3;1-2-3-4;8*1-2;;;;2-1-3;1-3-2;;/h3*1-11H,(H,17,18,19);1-5H,(H,8,9);1-3H3;2*5H,4H2,1-3H3;3H,2H2,1H3;8*1-2H3;3*1H4;3H2;;;/q;;;;;;;;;;;;;;;;;;;;-1;+1;-1/p+1. The molecule has 7 aromatic carbocycles. The molecule has 0 bridgehead atoms. The summed E-state index contributed by atoms with van der Waals surface area (Å²) < 4.78 is 21.8. The normalized spacial score (nSPS) is 8.22. The Hall–Kier alpha value is -7.06. The van der Waals surface area contributed by atoms with Gasteiger partial charge in [-0.3, -0.25) is 44.7 Å². The van der Waals surface area contributed by atoms with E-state index in [1.807, 2.05) is 289 Å². The second-order valence-corrected chi connectivity index (χ2v) is 39.9. The quantitative estimate of drug-likeness (QED) is 0.0303. The molecule has 29 heteroatoms. The van der Waals surface area contributed by atoms with Gasteiger partial charge in [0.15, 0.2) is 15.4 Å². The first-order valence-corrected chi connectivity index (χ1v) is 55.2. The molecule has 676 valence electrons. The number of anilines is 3. The number of amides is 3. The SMILES string of the molecule is C.C.C.CC.CC.CC.CC.CC.CC.CC.CC.CC(=O)OB(OC(C)=O)OC(C)=O.CCC(C)C.CCC(C)C.CCC=O.I[I-]I.O=BP.O=C(Nc1nc(-c2ccccc2)cs1)c1ccccc1.O=C(Nc1nc(-c2ccccc2)cs1)c1ccccc1.O=C(Nc1nc(-c2ccccc2)cs1)c1ccccc1.O=C(O)c1ccccc1.[H+].[H-].[Na+]. The molecule has 0 saturated carbocycles. The minimum Gasteiger partial charge on any atom is -1.00 e. The molecule has 10 rings (SSSR count). The van der Waals surface area contributed by atoms with Crippen LogP contribution in [0.1, 0.15) is 266 Å². The minimum atomic E-state index is -1.59. The molecule has 1 unspecified atom stereocenters. The molecule has 1 atom stereocenters. The van der Waals surface area contributed by atoms with Gasteiger partial charge in [-0.15, -0.1) is 34.0 Å². The molecule has 0 aliphatic carbocycles. The van der Waals surface area contributed by atoms with E-state index in [-0.39, 0.29) is 72.4 Å². The van der Waals surface area contributed by atoms with Gasteiger partial charge in [0, 0.05) is 76.7 Å². The second-order valence-electron chi connectivity index (χ2n) is 20.8. The first-order chi connectivity index (χ1) is 57.0. The molecule has 3 aromatic heterocycles. The van der Waals surface area contributed by atoms with Crippen LogP contribution in [0.25, 0.3) is 33.8 Å². The molecule has 0 fully saturated rings. The maximum atomic E-state index is 12.0. The Morgan fingerprint density at radius 1 is 0.434 bits per heavy atom. The number of carbonyl (C=O) groups excluding carboxylic acids is 7. The number of thiazole rings is 3. The molecule has 0 aliphatic rings. The summed E-state index contributed by atoms with van der Waals surface area (Å²) in [5, 5.41) is 24.5. The fraction of sp³-hybridized carbons (Fsp3) is 0.366. The van der Waals surface area contributed by atoms with Crippen molar-refractivity contribution in [2.75, 3.05) is 16.0 Å². The van der Waals surface area contributed by atoms with Gasteiger partial charge in [0.2, 0.25) is 0 Å². The Morgan fingerprint density at radius 3 is 0.738 bits per heavy atom. The Labute approximate surface area is 806 Å². The summed E-state index contributed by atoms with van der Waals surface area (Å²) in [7, 11) is 0.308. The summed E-state index contributed by atoms with van der Waals surface area (Å²) in [4.78, 5) is 100.0. The van der Waals surface area contributed by atoms with Crippen molar-refractivity contribution in [1.82, 2.24) is 15.0 Å². The van der Waals surface area contributed by atoms with Crippen LogP contribution in [0.15, 0.2) is 228 Å². The van der Waals surface area contributed by atoms with Gasteiger partial charge in [0.25, 0.3) is 35.6 Å². The third-order valence-electron chi connectivity index (χ3n) is 12.1. The van der Waals surface area contributed by atoms with E-state index >= 15 is 0 Å². The summed E-state index contributed by atoms with van der Waals surface area (Å²) in [6, 6.07) is 65.4. The number of rotatable bonds is 16. The van der Waals surface area contributed by atoms with E-state index in [9.17, 15) is 38.4 Å². The third-order valence-corrected chi connectivity index (χ3v) is 14.4. The zero-order valence-corrected chi connectivity index (χ0v) is 87.1. The Balaban J connectivity index is -0.0000000928. The average Bonchev–Trinajstić information content (AvgIpc) is 1.73. The fourth-order valence-corrected chi connectivity index (χ4v) is 8.70. The first-order valence-electron chi connectivity index (χ1n) is 39.4. The number of nitrogens with zero attached hydrogens (tertiary/aromatic N) is 3. The van der Waals surface area contributed by atoms with Crippen molar-refractivity contribution in [2.45, 2.75) is 222 Å². The van der Waals surface area contributed by atoms with Crippen LogP contribution in [0.4, 0.5) is 15.4 Å². The number of hydrogen-bond acceptors (Lipinski definition) is 18. The Morgan fingerprint density at radius 2 is 0.598 bits per heavy atom. The van der Waals surface area contributed by atoms with Gasteiger partial charge < -0.3 is 25.3 Å². The van der Waals surface area contributed by atoms with Gasteiger partial charge in [-0.2, -0.15) is 0 Å². The second kappa shape index (κ2) is 104. The average molecular weight is 2110 g/mol. The van der Waals surface area contributed by atoms with Gasteiger partial charge in [-0.05, 0) is 60.4 Å². The topological polar surface area (TPSA) is 276 Å². The van der Waals surface area contributed by atoms with E-state index in [1.54, 1.807) is 66.7 Å². The number of benzene rings is 7. The van der Waals surface area contributed by atoms with Crippen LogP contribution in [-0.2, 0) is 37.8 Å². The summed E-state index contributed by atoms with van der Waals surface area (Å²) in [5.74, 6) is -1.67. The van der Waals surface area contributed by atoms with Gasteiger partial charge >= 0.3 is 115 Å². The summed E-state index contributed by atoms with van der Waals surface area (Å²) >= 11 is 9.57. The molecule has 122 heavy (non-hydrogen) atoms. The maximum Gasteiger partial charge on any atom is 1.00 e. The third kappa shape index (κ3) is 80.1. The van der Waals surface area contributed by atoms with Crippen LogP contribution in [0.3, 0.4) is 0 Å². The number of carbonyl (C=O) groups is 8. The Bertz CT molecular complexity index is 3640. The number of carboxylic acid groups (broad SMARTS) is 1. The number of aromatic carboxylic acids is 1. The van der Waals surface area contributed by atoms with Crippen LogP contribution < -0.4 is 58.8 Å². The minimum absolute atomic E-state index is 0. The molecule has 3 heterocycles. The van der Waals surface area contributed by atoms with Gasteiger partial charge in [-0.25, -0.2) is 19.7 Å². The monoisotopic (exact) mass is 2110 g/mol. The van der Waals surface area contributed by atoms with Gasteiger partial charge in [0.05, 0.1) is 22.6 Å². The van der Waals surface area contributed by atoms with Crippen LogP contribution in [0, 0.1) is 11.8 Å². The number of hydrogen-bond donors (Lipinski definition) is 4. The van der Waals surface area contributed by atoms with E-state index < -0.39 is 31.2 Å². The number of aldehydes is 1. The van der Waals surface area contributed by atoms with Crippen molar-refractivity contribution in [1.29, 1.82) is 0 Å². The molecular weight excluding hydrogens is 1960 g/mol. The predicted octanol–water partition coefficient (Wildman–Crippen LogP) is 23.9. The number of aromatic nitrogens is 3. The fourth-order valence-electron chi connectivity index (χ4n) is 6.55. The molecule has 0 spiro atoms. The van der Waals surface area contributed by atoms with Crippen molar-refractivity contribution in [3.8, 4) is 33.8 Å². The molecule has 19 nitrogen and oxygen atoms in total. The van der Waals surface area contributed by atoms with E-state index in [2.05, 4.69) is 124 Å². The zero-order valence-electron chi connectivity index (χ0n) is 77.1. The van der Waals surface area contributed by atoms with Crippen LogP contribution >= 0.6 is 80.4 Å². The number of halogens is 3.